The van der Waals surface area contributed by atoms with Crippen LogP contribution in [-0.2, 0) is 4.79 Å². The van der Waals surface area contributed by atoms with Gasteiger partial charge in [-0.15, -0.1) is 0 Å². The molecule has 0 unspecified atom stereocenters. The first kappa shape index (κ1) is 16.7. The van der Waals surface area contributed by atoms with Crippen molar-refractivity contribution < 1.29 is 9.59 Å². The summed E-state index contributed by atoms with van der Waals surface area (Å²) in [5, 5.41) is 6.55. The maximum absolute atomic E-state index is 11.9. The highest BCUT2D eigenvalue weighted by Crippen LogP contribution is 2.12. The second-order valence-electron chi connectivity index (χ2n) is 4.90. The molecular formula is C15H21BrN2O2. The predicted molar refractivity (Wildman–Crippen MR) is 85.3 cm³/mol. The van der Waals surface area contributed by atoms with Crippen molar-refractivity contribution in [3.05, 3.63) is 29.8 Å². The van der Waals surface area contributed by atoms with Gasteiger partial charge in [-0.25, -0.2) is 0 Å². The topological polar surface area (TPSA) is 58.2 Å². The largest absolute Gasteiger partial charge is 0.350 e. The molecule has 5 heteroatoms. The molecule has 0 spiro atoms. The molecule has 0 atom stereocenters. The Balaban J connectivity index is 2.59. The fourth-order valence-corrected chi connectivity index (χ4v) is 2.08. The Morgan fingerprint density at radius 2 is 2.00 bits per heavy atom. The zero-order chi connectivity index (χ0) is 15.0. The number of rotatable bonds is 7. The molecule has 110 valence electrons. The first-order valence-corrected chi connectivity index (χ1v) is 7.92. The van der Waals surface area contributed by atoms with Crippen LogP contribution in [-0.4, -0.2) is 23.2 Å². The van der Waals surface area contributed by atoms with Gasteiger partial charge < -0.3 is 10.6 Å². The quantitative estimate of drug-likeness (QED) is 0.590. The molecule has 1 aromatic carbocycles. The number of unbranched alkanes of at least 4 members (excludes halogenated alkanes) is 1. The summed E-state index contributed by atoms with van der Waals surface area (Å²) in [6, 6.07) is 7.07. The average molecular weight is 341 g/mol. The number of carbonyl (C=O) groups excluding carboxylic acids is 2. The minimum atomic E-state index is -0.129. The van der Waals surface area contributed by atoms with Crippen LogP contribution in [0.4, 0.5) is 5.69 Å². The van der Waals surface area contributed by atoms with E-state index in [-0.39, 0.29) is 17.9 Å². The Morgan fingerprint density at radius 3 is 2.65 bits per heavy atom. The average Bonchev–Trinajstić information content (AvgIpc) is 2.38. The highest BCUT2D eigenvalue weighted by Gasteiger charge is 2.08. The van der Waals surface area contributed by atoms with E-state index in [1.54, 1.807) is 24.3 Å². The molecule has 1 aromatic rings. The van der Waals surface area contributed by atoms with Gasteiger partial charge in [-0.1, -0.05) is 22.0 Å². The van der Waals surface area contributed by atoms with Crippen molar-refractivity contribution in [2.45, 2.75) is 39.2 Å². The van der Waals surface area contributed by atoms with Gasteiger partial charge >= 0.3 is 0 Å². The summed E-state index contributed by atoms with van der Waals surface area (Å²) in [6.45, 7) is 3.82. The van der Waals surface area contributed by atoms with E-state index >= 15 is 0 Å². The molecule has 2 amide bonds. The van der Waals surface area contributed by atoms with Crippen molar-refractivity contribution in [1.29, 1.82) is 0 Å². The second kappa shape index (κ2) is 8.74. The van der Waals surface area contributed by atoms with Gasteiger partial charge in [0.15, 0.2) is 0 Å². The van der Waals surface area contributed by atoms with Gasteiger partial charge in [0.2, 0.25) is 5.91 Å². The van der Waals surface area contributed by atoms with E-state index in [0.717, 1.165) is 18.2 Å². The minimum absolute atomic E-state index is 0.0210. The number of halogens is 1. The van der Waals surface area contributed by atoms with Gasteiger partial charge in [-0.05, 0) is 44.9 Å². The van der Waals surface area contributed by atoms with Crippen LogP contribution in [0.1, 0.15) is 43.5 Å². The normalized spacial score (nSPS) is 10.4. The number of nitrogens with one attached hydrogen (secondary N) is 2. The van der Waals surface area contributed by atoms with Crippen LogP contribution in [0, 0.1) is 0 Å². The summed E-state index contributed by atoms with van der Waals surface area (Å²) in [5.74, 6) is -0.150. The molecule has 0 aliphatic rings. The van der Waals surface area contributed by atoms with E-state index in [0.29, 0.717) is 17.7 Å². The SMILES string of the molecule is CC(C)NC(=O)c1cccc(NC(=O)CCCCBr)c1. The third-order valence-electron chi connectivity index (χ3n) is 2.62. The molecule has 2 N–H and O–H groups in total. The van der Waals surface area contributed by atoms with Gasteiger partial charge in [0.1, 0.15) is 0 Å². The molecular weight excluding hydrogens is 320 g/mol. The van der Waals surface area contributed by atoms with Crippen LogP contribution in [0.2, 0.25) is 0 Å². The monoisotopic (exact) mass is 340 g/mol. The van der Waals surface area contributed by atoms with E-state index in [1.807, 2.05) is 13.8 Å². The Kier molecular flexibility index (Phi) is 7.30. The number of hydrogen-bond acceptors (Lipinski definition) is 2. The van der Waals surface area contributed by atoms with Crippen molar-refractivity contribution in [3.8, 4) is 0 Å². The summed E-state index contributed by atoms with van der Waals surface area (Å²) >= 11 is 3.34. The van der Waals surface area contributed by atoms with Crippen molar-refractivity contribution in [1.82, 2.24) is 5.32 Å². The van der Waals surface area contributed by atoms with E-state index in [2.05, 4.69) is 26.6 Å². The highest BCUT2D eigenvalue weighted by molar-refractivity contribution is 9.09. The van der Waals surface area contributed by atoms with Gasteiger partial charge in [0.05, 0.1) is 0 Å². The van der Waals surface area contributed by atoms with Crippen LogP contribution < -0.4 is 10.6 Å². The summed E-state index contributed by atoms with van der Waals surface area (Å²) in [4.78, 5) is 23.6. The minimum Gasteiger partial charge on any atom is -0.350 e. The number of anilines is 1. The lowest BCUT2D eigenvalue weighted by atomic mass is 10.1. The van der Waals surface area contributed by atoms with Gasteiger partial charge in [-0.2, -0.15) is 0 Å². The lowest BCUT2D eigenvalue weighted by Crippen LogP contribution is -2.30. The molecule has 0 saturated heterocycles. The summed E-state index contributed by atoms with van der Waals surface area (Å²) in [7, 11) is 0. The standard InChI is InChI=1S/C15H21BrN2O2/c1-11(2)17-15(20)12-6-5-7-13(10-12)18-14(19)8-3-4-9-16/h5-7,10-11H,3-4,8-9H2,1-2H3,(H,17,20)(H,18,19). The second-order valence-corrected chi connectivity index (χ2v) is 5.70. The summed E-state index contributed by atoms with van der Waals surface area (Å²) < 4.78 is 0. The summed E-state index contributed by atoms with van der Waals surface area (Å²) in [6.07, 6.45) is 2.32. The predicted octanol–water partition coefficient (Wildman–Crippen LogP) is 3.33. The van der Waals surface area contributed by atoms with Gasteiger partial charge in [0, 0.05) is 29.0 Å². The number of carbonyl (C=O) groups is 2. The van der Waals surface area contributed by atoms with Crippen molar-refractivity contribution >= 4 is 33.4 Å². The van der Waals surface area contributed by atoms with Crippen LogP contribution in [0.5, 0.6) is 0 Å². The maximum atomic E-state index is 11.9. The maximum Gasteiger partial charge on any atom is 0.251 e. The molecule has 0 aliphatic carbocycles. The number of alkyl halides is 1. The van der Waals surface area contributed by atoms with E-state index in [1.165, 1.54) is 0 Å². The number of amides is 2. The molecule has 4 nitrogen and oxygen atoms in total. The highest BCUT2D eigenvalue weighted by atomic mass is 79.9. The Morgan fingerprint density at radius 1 is 1.25 bits per heavy atom. The van der Waals surface area contributed by atoms with Gasteiger partial charge in [-0.3, -0.25) is 9.59 Å². The van der Waals surface area contributed by atoms with Crippen molar-refractivity contribution in [3.63, 3.8) is 0 Å². The Hall–Kier alpha value is -1.36. The zero-order valence-electron chi connectivity index (χ0n) is 11.9. The van der Waals surface area contributed by atoms with Crippen LogP contribution >= 0.6 is 15.9 Å². The fraction of sp³-hybridized carbons (Fsp3) is 0.467. The first-order chi connectivity index (χ1) is 9.52. The van der Waals surface area contributed by atoms with Crippen LogP contribution in [0.25, 0.3) is 0 Å². The molecule has 0 bridgehead atoms. The lowest BCUT2D eigenvalue weighted by Gasteiger charge is -2.10. The van der Waals surface area contributed by atoms with Gasteiger partial charge in [0.25, 0.3) is 5.91 Å². The van der Waals surface area contributed by atoms with E-state index < -0.39 is 0 Å². The smallest absolute Gasteiger partial charge is 0.251 e. The third-order valence-corrected chi connectivity index (χ3v) is 3.18. The molecule has 20 heavy (non-hydrogen) atoms. The molecule has 1 rings (SSSR count). The first-order valence-electron chi connectivity index (χ1n) is 6.79. The Labute approximate surface area is 128 Å². The molecule has 0 aliphatic heterocycles. The van der Waals surface area contributed by atoms with Crippen molar-refractivity contribution in [2.24, 2.45) is 0 Å². The van der Waals surface area contributed by atoms with Crippen LogP contribution in [0.15, 0.2) is 24.3 Å². The van der Waals surface area contributed by atoms with Crippen LogP contribution in [0.3, 0.4) is 0 Å². The zero-order valence-corrected chi connectivity index (χ0v) is 13.5. The number of hydrogen-bond donors (Lipinski definition) is 2. The molecule has 0 fully saturated rings. The Bertz CT molecular complexity index is 461. The molecule has 0 aromatic heterocycles. The lowest BCUT2D eigenvalue weighted by molar-refractivity contribution is -0.116. The molecule has 0 heterocycles. The number of benzene rings is 1. The van der Waals surface area contributed by atoms with E-state index in [4.69, 9.17) is 0 Å². The summed E-state index contributed by atoms with van der Waals surface area (Å²) in [5.41, 5.74) is 1.21. The third kappa shape index (κ3) is 6.19. The molecule has 0 saturated carbocycles. The fourth-order valence-electron chi connectivity index (χ4n) is 1.69. The van der Waals surface area contributed by atoms with E-state index in [9.17, 15) is 9.59 Å². The molecule has 0 radical (unpaired) electrons. The van der Waals surface area contributed by atoms with Crippen molar-refractivity contribution in [2.75, 3.05) is 10.6 Å².